The smallest absolute Gasteiger partial charge is 0.00386 e. The first-order valence-electron chi connectivity index (χ1n) is 8.59. The number of hydrogen-bond donors (Lipinski definition) is 0. The van der Waals surface area contributed by atoms with Crippen molar-refractivity contribution in [1.82, 2.24) is 9.80 Å². The molecule has 19 heavy (non-hydrogen) atoms. The van der Waals surface area contributed by atoms with Crippen molar-refractivity contribution in [2.75, 3.05) is 26.2 Å². The molecule has 2 aliphatic rings. The van der Waals surface area contributed by atoms with E-state index in [1.54, 1.807) is 0 Å². The average Bonchev–Trinajstić information content (AvgIpc) is 2.58. The van der Waals surface area contributed by atoms with E-state index >= 15 is 0 Å². The van der Waals surface area contributed by atoms with Crippen molar-refractivity contribution in [2.24, 2.45) is 0 Å². The molecule has 0 aromatic heterocycles. The molecular formula is C17H38N2. The summed E-state index contributed by atoms with van der Waals surface area (Å²) < 4.78 is 0. The zero-order chi connectivity index (χ0) is 14.7. The minimum atomic E-state index is 0.762. The number of rotatable bonds is 2. The fourth-order valence-electron chi connectivity index (χ4n) is 2.47. The quantitative estimate of drug-likeness (QED) is 0.734. The highest BCUT2D eigenvalue weighted by Crippen LogP contribution is 2.11. The van der Waals surface area contributed by atoms with Crippen molar-refractivity contribution in [2.45, 2.75) is 85.7 Å². The van der Waals surface area contributed by atoms with Gasteiger partial charge in [-0.2, -0.15) is 0 Å². The first-order valence-corrected chi connectivity index (χ1v) is 8.59. The molecule has 0 spiro atoms. The van der Waals surface area contributed by atoms with Gasteiger partial charge in [0, 0.05) is 12.1 Å². The zero-order valence-corrected chi connectivity index (χ0v) is 14.4. The van der Waals surface area contributed by atoms with Gasteiger partial charge in [-0.25, -0.2) is 0 Å². The van der Waals surface area contributed by atoms with Gasteiger partial charge in [0.1, 0.15) is 0 Å². The lowest BCUT2D eigenvalue weighted by molar-refractivity contribution is 0.138. The fourth-order valence-corrected chi connectivity index (χ4v) is 2.47. The van der Waals surface area contributed by atoms with Crippen LogP contribution in [0.25, 0.3) is 0 Å². The molecule has 2 saturated heterocycles. The lowest BCUT2D eigenvalue weighted by Crippen LogP contribution is -2.41. The number of likely N-dealkylation sites (tertiary alicyclic amines) is 2. The van der Waals surface area contributed by atoms with Crippen LogP contribution in [0.2, 0.25) is 0 Å². The van der Waals surface area contributed by atoms with Gasteiger partial charge in [0.15, 0.2) is 0 Å². The summed E-state index contributed by atoms with van der Waals surface area (Å²) in [5, 5.41) is 0. The summed E-state index contributed by atoms with van der Waals surface area (Å²) in [7, 11) is 0. The molecule has 0 aromatic rings. The molecule has 2 aliphatic heterocycles. The predicted molar refractivity (Wildman–Crippen MR) is 87.9 cm³/mol. The molecule has 2 nitrogen and oxygen atoms in total. The highest BCUT2D eigenvalue weighted by atomic mass is 15.2. The van der Waals surface area contributed by atoms with Gasteiger partial charge in [0.25, 0.3) is 0 Å². The van der Waals surface area contributed by atoms with Gasteiger partial charge in [-0.15, -0.1) is 0 Å². The van der Waals surface area contributed by atoms with Crippen LogP contribution in [-0.2, 0) is 0 Å². The highest BCUT2D eigenvalue weighted by Gasteiger charge is 2.15. The van der Waals surface area contributed by atoms with Crippen LogP contribution < -0.4 is 0 Å². The summed E-state index contributed by atoms with van der Waals surface area (Å²) in [6, 6.07) is 1.55. The van der Waals surface area contributed by atoms with Gasteiger partial charge in [-0.1, -0.05) is 26.7 Å². The van der Waals surface area contributed by atoms with E-state index < -0.39 is 0 Å². The molecule has 0 aromatic carbocycles. The maximum atomic E-state index is 2.59. The summed E-state index contributed by atoms with van der Waals surface area (Å²) >= 11 is 0. The zero-order valence-electron chi connectivity index (χ0n) is 14.4. The second-order valence-electron chi connectivity index (χ2n) is 6.03. The molecule has 0 amide bonds. The molecule has 2 rings (SSSR count). The molecule has 0 radical (unpaired) electrons. The van der Waals surface area contributed by atoms with E-state index in [0.29, 0.717) is 0 Å². The molecule has 2 fully saturated rings. The van der Waals surface area contributed by atoms with E-state index in [4.69, 9.17) is 0 Å². The Labute approximate surface area is 122 Å². The van der Waals surface area contributed by atoms with Crippen molar-refractivity contribution in [3.05, 3.63) is 0 Å². The van der Waals surface area contributed by atoms with E-state index in [0.717, 1.165) is 12.1 Å². The summed E-state index contributed by atoms with van der Waals surface area (Å²) in [6.45, 7) is 18.4. The third-order valence-corrected chi connectivity index (χ3v) is 3.99. The lowest BCUT2D eigenvalue weighted by Gasteiger charge is -2.34. The molecule has 0 bridgehead atoms. The average molecular weight is 271 g/mol. The Morgan fingerprint density at radius 3 is 1.05 bits per heavy atom. The molecule has 0 N–H and O–H groups in total. The van der Waals surface area contributed by atoms with Crippen molar-refractivity contribution in [1.29, 1.82) is 0 Å². The molecule has 0 saturated carbocycles. The Morgan fingerprint density at radius 2 is 0.842 bits per heavy atom. The van der Waals surface area contributed by atoms with E-state index in [1.165, 1.54) is 58.3 Å². The number of hydrogen-bond acceptors (Lipinski definition) is 2. The standard InChI is InChI=1S/C9H19N.C6H13N.C2H6/c1-9(2)10-7-5-3-4-6-8-10;1-6(2)7-4-3-5-7;1-2/h9H,3-8H2,1-2H3;6H,3-5H2,1-2H3;1-2H3. The van der Waals surface area contributed by atoms with Crippen LogP contribution in [0.4, 0.5) is 0 Å². The summed E-state index contributed by atoms with van der Waals surface area (Å²) in [5.74, 6) is 0. The van der Waals surface area contributed by atoms with Gasteiger partial charge < -0.3 is 9.80 Å². The minimum Gasteiger partial charge on any atom is -0.301 e. The third-order valence-electron chi connectivity index (χ3n) is 3.99. The molecule has 2 heteroatoms. The summed E-state index contributed by atoms with van der Waals surface area (Å²) in [4.78, 5) is 5.06. The Hall–Kier alpha value is -0.0800. The summed E-state index contributed by atoms with van der Waals surface area (Å²) in [5.41, 5.74) is 0. The monoisotopic (exact) mass is 270 g/mol. The second-order valence-corrected chi connectivity index (χ2v) is 6.03. The van der Waals surface area contributed by atoms with Crippen LogP contribution in [0, 0.1) is 0 Å². The van der Waals surface area contributed by atoms with Crippen molar-refractivity contribution in [3.63, 3.8) is 0 Å². The Bertz CT molecular complexity index is 178. The topological polar surface area (TPSA) is 6.48 Å². The normalized spacial score (nSPS) is 20.8. The fraction of sp³-hybridized carbons (Fsp3) is 1.00. The third kappa shape index (κ3) is 8.65. The van der Waals surface area contributed by atoms with E-state index in [1.807, 2.05) is 13.8 Å². The second kappa shape index (κ2) is 11.7. The molecule has 0 aliphatic carbocycles. The van der Waals surface area contributed by atoms with E-state index in [2.05, 4.69) is 37.5 Å². The van der Waals surface area contributed by atoms with Crippen LogP contribution >= 0.6 is 0 Å². The van der Waals surface area contributed by atoms with Crippen molar-refractivity contribution < 1.29 is 0 Å². The SMILES string of the molecule is CC.CC(C)N1CCC1.CC(C)N1CCCCCC1. The van der Waals surface area contributed by atoms with E-state index in [9.17, 15) is 0 Å². The minimum absolute atomic E-state index is 0.762. The van der Waals surface area contributed by atoms with E-state index in [-0.39, 0.29) is 0 Å². The molecular weight excluding hydrogens is 232 g/mol. The van der Waals surface area contributed by atoms with Crippen molar-refractivity contribution >= 4 is 0 Å². The molecule has 0 atom stereocenters. The summed E-state index contributed by atoms with van der Waals surface area (Å²) in [6.07, 6.45) is 7.14. The largest absolute Gasteiger partial charge is 0.301 e. The van der Waals surface area contributed by atoms with Crippen LogP contribution in [0.15, 0.2) is 0 Å². The van der Waals surface area contributed by atoms with Gasteiger partial charge in [0.05, 0.1) is 0 Å². The maximum Gasteiger partial charge on any atom is 0.00386 e. The van der Waals surface area contributed by atoms with Crippen LogP contribution in [0.5, 0.6) is 0 Å². The van der Waals surface area contributed by atoms with Gasteiger partial charge >= 0.3 is 0 Å². The lowest BCUT2D eigenvalue weighted by atomic mass is 10.2. The Kier molecular flexibility index (Phi) is 11.7. The van der Waals surface area contributed by atoms with Gasteiger partial charge in [-0.05, 0) is 73.1 Å². The predicted octanol–water partition coefficient (Wildman–Crippen LogP) is 4.40. The highest BCUT2D eigenvalue weighted by molar-refractivity contribution is 4.71. The molecule has 2 heterocycles. The maximum absolute atomic E-state index is 2.59. The van der Waals surface area contributed by atoms with Crippen LogP contribution in [0.1, 0.15) is 73.6 Å². The Morgan fingerprint density at radius 1 is 0.526 bits per heavy atom. The number of nitrogens with zero attached hydrogens (tertiary/aromatic N) is 2. The Balaban J connectivity index is 0.000000316. The van der Waals surface area contributed by atoms with Crippen LogP contribution in [-0.4, -0.2) is 48.1 Å². The van der Waals surface area contributed by atoms with Crippen LogP contribution in [0.3, 0.4) is 0 Å². The first kappa shape index (κ1) is 18.9. The first-order chi connectivity index (χ1) is 9.11. The van der Waals surface area contributed by atoms with Gasteiger partial charge in [0.2, 0.25) is 0 Å². The molecule has 116 valence electrons. The molecule has 0 unspecified atom stereocenters. The van der Waals surface area contributed by atoms with Crippen molar-refractivity contribution in [3.8, 4) is 0 Å². The van der Waals surface area contributed by atoms with Gasteiger partial charge in [-0.3, -0.25) is 0 Å².